The van der Waals surface area contributed by atoms with E-state index in [0.717, 1.165) is 11.3 Å². The van der Waals surface area contributed by atoms with Crippen LogP contribution >= 0.6 is 11.3 Å². The third-order valence-corrected chi connectivity index (χ3v) is 5.06. The molecule has 2 aromatic heterocycles. The summed E-state index contributed by atoms with van der Waals surface area (Å²) in [6.07, 6.45) is 0. The lowest BCUT2D eigenvalue weighted by atomic mass is 10.4. The third-order valence-electron chi connectivity index (χ3n) is 2.20. The Hall–Kier alpha value is -1.51. The van der Waals surface area contributed by atoms with E-state index >= 15 is 0 Å². The van der Waals surface area contributed by atoms with Gasteiger partial charge in [-0.05, 0) is 23.6 Å². The molecule has 0 aliphatic carbocycles. The van der Waals surface area contributed by atoms with Crippen LogP contribution in [0.15, 0.2) is 39.9 Å². The molecule has 0 aliphatic heterocycles. The SMILES string of the molecule is O=S(=O)(NCCNc1cccc(F)n1)c1cccs1. The van der Waals surface area contributed by atoms with E-state index in [2.05, 4.69) is 15.0 Å². The fraction of sp³-hybridized carbons (Fsp3) is 0.182. The van der Waals surface area contributed by atoms with Gasteiger partial charge in [-0.15, -0.1) is 11.3 Å². The highest BCUT2D eigenvalue weighted by molar-refractivity contribution is 7.91. The van der Waals surface area contributed by atoms with E-state index < -0.39 is 16.0 Å². The van der Waals surface area contributed by atoms with Crippen LogP contribution in [0.25, 0.3) is 0 Å². The number of aromatic nitrogens is 1. The molecule has 8 heteroatoms. The van der Waals surface area contributed by atoms with Gasteiger partial charge in [0.2, 0.25) is 16.0 Å². The number of anilines is 1. The first-order chi connectivity index (χ1) is 9.08. The Labute approximate surface area is 114 Å². The monoisotopic (exact) mass is 301 g/mol. The minimum atomic E-state index is -3.45. The van der Waals surface area contributed by atoms with E-state index in [1.165, 1.54) is 18.2 Å². The lowest BCUT2D eigenvalue weighted by molar-refractivity contribution is 0.581. The zero-order valence-electron chi connectivity index (χ0n) is 9.84. The number of nitrogens with zero attached hydrogens (tertiary/aromatic N) is 1. The van der Waals surface area contributed by atoms with Crippen LogP contribution in [-0.2, 0) is 10.0 Å². The molecule has 0 aliphatic rings. The van der Waals surface area contributed by atoms with Crippen molar-refractivity contribution in [2.45, 2.75) is 4.21 Å². The van der Waals surface area contributed by atoms with Gasteiger partial charge in [-0.25, -0.2) is 18.1 Å². The van der Waals surface area contributed by atoms with Crippen LogP contribution in [0.4, 0.5) is 10.2 Å². The van der Waals surface area contributed by atoms with E-state index in [0.29, 0.717) is 12.4 Å². The Bertz CT molecular complexity index is 629. The van der Waals surface area contributed by atoms with Gasteiger partial charge in [-0.3, -0.25) is 0 Å². The molecular weight excluding hydrogens is 289 g/mol. The number of thiophene rings is 1. The number of nitrogens with one attached hydrogen (secondary N) is 2. The summed E-state index contributed by atoms with van der Waals surface area (Å²) in [5, 5.41) is 4.53. The number of hydrogen-bond donors (Lipinski definition) is 2. The summed E-state index contributed by atoms with van der Waals surface area (Å²) in [5.74, 6) is -0.209. The Balaban J connectivity index is 1.81. The smallest absolute Gasteiger partial charge is 0.250 e. The van der Waals surface area contributed by atoms with Gasteiger partial charge in [-0.1, -0.05) is 12.1 Å². The van der Waals surface area contributed by atoms with Crippen molar-refractivity contribution in [1.29, 1.82) is 0 Å². The molecule has 2 aromatic rings. The predicted molar refractivity (Wildman–Crippen MR) is 72.2 cm³/mol. The molecule has 0 fully saturated rings. The van der Waals surface area contributed by atoms with Crippen LogP contribution in [0.3, 0.4) is 0 Å². The summed E-state index contributed by atoms with van der Waals surface area (Å²) >= 11 is 1.15. The minimum Gasteiger partial charge on any atom is -0.369 e. The van der Waals surface area contributed by atoms with Gasteiger partial charge in [0.15, 0.2) is 0 Å². The maximum absolute atomic E-state index is 12.8. The number of halogens is 1. The molecule has 0 saturated heterocycles. The van der Waals surface area contributed by atoms with Gasteiger partial charge in [0.25, 0.3) is 0 Å². The van der Waals surface area contributed by atoms with Crippen molar-refractivity contribution in [2.75, 3.05) is 18.4 Å². The number of sulfonamides is 1. The summed E-state index contributed by atoms with van der Waals surface area (Å²) in [6, 6.07) is 7.59. The van der Waals surface area contributed by atoms with Crippen molar-refractivity contribution in [2.24, 2.45) is 0 Å². The van der Waals surface area contributed by atoms with E-state index in [1.54, 1.807) is 17.5 Å². The molecule has 0 unspecified atom stereocenters. The second-order valence-corrected chi connectivity index (χ2v) is 6.54. The molecule has 5 nitrogen and oxygen atoms in total. The highest BCUT2D eigenvalue weighted by Gasteiger charge is 2.13. The highest BCUT2D eigenvalue weighted by Crippen LogP contribution is 2.14. The third kappa shape index (κ3) is 3.98. The van der Waals surface area contributed by atoms with E-state index in [1.807, 2.05) is 0 Å². The quantitative estimate of drug-likeness (QED) is 0.629. The van der Waals surface area contributed by atoms with Crippen LogP contribution in [0.2, 0.25) is 0 Å². The Morgan fingerprint density at radius 3 is 2.74 bits per heavy atom. The largest absolute Gasteiger partial charge is 0.369 e. The topological polar surface area (TPSA) is 71.1 Å². The van der Waals surface area contributed by atoms with Crippen molar-refractivity contribution >= 4 is 27.2 Å². The summed E-state index contributed by atoms with van der Waals surface area (Å²) in [6.45, 7) is 0.513. The zero-order valence-corrected chi connectivity index (χ0v) is 11.5. The lowest BCUT2D eigenvalue weighted by Gasteiger charge is -2.07. The van der Waals surface area contributed by atoms with Crippen molar-refractivity contribution < 1.29 is 12.8 Å². The lowest BCUT2D eigenvalue weighted by Crippen LogP contribution is -2.28. The van der Waals surface area contributed by atoms with E-state index in [4.69, 9.17) is 0 Å². The summed E-state index contributed by atoms with van der Waals surface area (Å²) < 4.78 is 39.0. The Morgan fingerprint density at radius 1 is 1.21 bits per heavy atom. The Morgan fingerprint density at radius 2 is 2.05 bits per heavy atom. The number of hydrogen-bond acceptors (Lipinski definition) is 5. The molecule has 2 heterocycles. The van der Waals surface area contributed by atoms with Crippen LogP contribution in [0.5, 0.6) is 0 Å². The van der Waals surface area contributed by atoms with Gasteiger partial charge in [0.05, 0.1) is 0 Å². The first-order valence-electron chi connectivity index (χ1n) is 5.47. The molecular formula is C11H12FN3O2S2. The molecule has 0 radical (unpaired) electrons. The van der Waals surface area contributed by atoms with Crippen LogP contribution in [0.1, 0.15) is 0 Å². The van der Waals surface area contributed by atoms with Gasteiger partial charge >= 0.3 is 0 Å². The molecule has 0 bridgehead atoms. The molecule has 0 aromatic carbocycles. The summed E-state index contributed by atoms with van der Waals surface area (Å²) in [7, 11) is -3.45. The van der Waals surface area contributed by atoms with Gasteiger partial charge < -0.3 is 5.32 Å². The molecule has 0 atom stereocenters. The first kappa shape index (κ1) is 13.9. The minimum absolute atomic E-state index is 0.193. The van der Waals surface area contributed by atoms with Crippen LogP contribution in [-0.4, -0.2) is 26.5 Å². The summed E-state index contributed by atoms with van der Waals surface area (Å²) in [4.78, 5) is 3.60. The van der Waals surface area contributed by atoms with E-state index in [9.17, 15) is 12.8 Å². The summed E-state index contributed by atoms with van der Waals surface area (Å²) in [5.41, 5.74) is 0. The van der Waals surface area contributed by atoms with E-state index in [-0.39, 0.29) is 10.8 Å². The number of pyridine rings is 1. The second-order valence-electron chi connectivity index (χ2n) is 3.60. The van der Waals surface area contributed by atoms with Crippen molar-refractivity contribution in [3.8, 4) is 0 Å². The predicted octanol–water partition coefficient (Wildman–Crippen LogP) is 1.67. The maximum atomic E-state index is 12.8. The normalized spacial score (nSPS) is 11.4. The first-order valence-corrected chi connectivity index (χ1v) is 7.84. The van der Waals surface area contributed by atoms with Crippen LogP contribution in [0, 0.1) is 5.95 Å². The fourth-order valence-corrected chi connectivity index (χ4v) is 3.44. The molecule has 2 N–H and O–H groups in total. The average Bonchev–Trinajstić information content (AvgIpc) is 2.89. The highest BCUT2D eigenvalue weighted by atomic mass is 32.2. The molecule has 0 amide bonds. The number of rotatable bonds is 6. The zero-order chi connectivity index (χ0) is 13.7. The van der Waals surface area contributed by atoms with Gasteiger partial charge in [0, 0.05) is 13.1 Å². The fourth-order valence-electron chi connectivity index (χ4n) is 1.37. The molecule has 0 spiro atoms. The molecule has 2 rings (SSSR count). The van der Waals surface area contributed by atoms with Gasteiger partial charge in [0.1, 0.15) is 10.0 Å². The standard InChI is InChI=1S/C11H12FN3O2S2/c12-9-3-1-4-10(15-9)13-6-7-14-19(16,17)11-5-2-8-18-11/h1-5,8,14H,6-7H2,(H,13,15). The van der Waals surface area contributed by atoms with Gasteiger partial charge in [-0.2, -0.15) is 4.39 Å². The van der Waals surface area contributed by atoms with Crippen molar-refractivity contribution in [3.05, 3.63) is 41.7 Å². The Kier molecular flexibility index (Phi) is 4.46. The van der Waals surface area contributed by atoms with Crippen molar-refractivity contribution in [1.82, 2.24) is 9.71 Å². The van der Waals surface area contributed by atoms with Crippen LogP contribution < -0.4 is 10.0 Å². The molecule has 102 valence electrons. The second kappa shape index (κ2) is 6.09. The average molecular weight is 301 g/mol. The molecule has 0 saturated carbocycles. The molecule has 19 heavy (non-hydrogen) atoms. The van der Waals surface area contributed by atoms with Crippen molar-refractivity contribution in [3.63, 3.8) is 0 Å². The maximum Gasteiger partial charge on any atom is 0.250 e.